The van der Waals surface area contributed by atoms with Gasteiger partial charge in [-0.25, -0.2) is 0 Å². The fourth-order valence-corrected chi connectivity index (χ4v) is 3.52. The van der Waals surface area contributed by atoms with Crippen molar-refractivity contribution < 1.29 is 14.3 Å². The third-order valence-corrected chi connectivity index (χ3v) is 5.11. The van der Waals surface area contributed by atoms with Crippen LogP contribution in [-0.4, -0.2) is 36.0 Å². The first-order valence-electron chi connectivity index (χ1n) is 7.87. The molecule has 0 aliphatic carbocycles. The zero-order valence-electron chi connectivity index (χ0n) is 13.5. The van der Waals surface area contributed by atoms with E-state index in [1.165, 1.54) is 0 Å². The van der Waals surface area contributed by atoms with Crippen molar-refractivity contribution >= 4 is 23.2 Å². The fraction of sp³-hybridized carbons (Fsp3) is 0.333. The Morgan fingerprint density at radius 1 is 1.33 bits per heavy atom. The van der Waals surface area contributed by atoms with Gasteiger partial charge in [0.15, 0.2) is 0 Å². The fourth-order valence-electron chi connectivity index (χ4n) is 2.67. The maximum atomic E-state index is 12.6. The van der Waals surface area contributed by atoms with Gasteiger partial charge in [-0.15, -0.1) is 11.3 Å². The molecule has 0 spiro atoms. The second kappa shape index (κ2) is 7.59. The van der Waals surface area contributed by atoms with Crippen molar-refractivity contribution in [2.75, 3.05) is 13.2 Å². The number of thiophene rings is 1. The Kier molecular flexibility index (Phi) is 5.27. The number of hydrogen-bond donors (Lipinski definition) is 1. The van der Waals surface area contributed by atoms with E-state index in [1.54, 1.807) is 16.2 Å². The number of hydrogen-bond acceptors (Lipinski definition) is 4. The molecule has 1 atom stereocenters. The maximum absolute atomic E-state index is 12.6. The molecule has 2 heterocycles. The van der Waals surface area contributed by atoms with E-state index in [-0.39, 0.29) is 25.0 Å². The highest BCUT2D eigenvalue weighted by Gasteiger charge is 2.33. The van der Waals surface area contributed by atoms with Gasteiger partial charge in [-0.1, -0.05) is 30.3 Å². The van der Waals surface area contributed by atoms with Crippen molar-refractivity contribution in [2.45, 2.75) is 26.1 Å². The quantitative estimate of drug-likeness (QED) is 0.904. The molecule has 1 aromatic carbocycles. The number of benzene rings is 1. The van der Waals surface area contributed by atoms with Crippen LogP contribution in [0.15, 0.2) is 41.8 Å². The standard InChI is InChI=1S/C18H20N2O3S/c1-13-7-8-24-16(13)9-19-18(22)15-11-23-12-17(21)20(15)10-14-5-3-2-4-6-14/h2-8,15H,9-12H2,1H3,(H,19,22). The van der Waals surface area contributed by atoms with E-state index in [1.807, 2.05) is 48.7 Å². The van der Waals surface area contributed by atoms with Crippen LogP contribution in [0.4, 0.5) is 0 Å². The molecular weight excluding hydrogens is 324 g/mol. The molecule has 1 N–H and O–H groups in total. The summed E-state index contributed by atoms with van der Waals surface area (Å²) in [6.45, 7) is 3.17. The molecule has 6 heteroatoms. The average molecular weight is 344 g/mol. The minimum atomic E-state index is -0.591. The number of amides is 2. The summed E-state index contributed by atoms with van der Waals surface area (Å²) in [6.07, 6.45) is 0. The van der Waals surface area contributed by atoms with Gasteiger partial charge in [0.25, 0.3) is 0 Å². The van der Waals surface area contributed by atoms with Crippen LogP contribution in [0.25, 0.3) is 0 Å². The Morgan fingerprint density at radius 3 is 2.83 bits per heavy atom. The van der Waals surface area contributed by atoms with E-state index in [9.17, 15) is 9.59 Å². The van der Waals surface area contributed by atoms with Gasteiger partial charge in [0.2, 0.25) is 11.8 Å². The highest BCUT2D eigenvalue weighted by molar-refractivity contribution is 7.10. The van der Waals surface area contributed by atoms with E-state index in [0.29, 0.717) is 13.1 Å². The van der Waals surface area contributed by atoms with Gasteiger partial charge in [-0.3, -0.25) is 9.59 Å². The van der Waals surface area contributed by atoms with Crippen molar-refractivity contribution in [1.29, 1.82) is 0 Å². The summed E-state index contributed by atoms with van der Waals surface area (Å²) in [6, 6.07) is 11.1. The number of carbonyl (C=O) groups excluding carboxylic acids is 2. The van der Waals surface area contributed by atoms with Crippen LogP contribution in [0.1, 0.15) is 16.0 Å². The minimum absolute atomic E-state index is 0.0284. The third kappa shape index (κ3) is 3.83. The van der Waals surface area contributed by atoms with Gasteiger partial charge in [0.05, 0.1) is 13.2 Å². The second-order valence-corrected chi connectivity index (χ2v) is 6.78. The molecule has 1 aliphatic rings. The predicted octanol–water partition coefficient (Wildman–Crippen LogP) is 2.10. The molecule has 1 aliphatic heterocycles. The molecule has 3 rings (SSSR count). The van der Waals surface area contributed by atoms with Crippen LogP contribution in [0.5, 0.6) is 0 Å². The third-order valence-electron chi connectivity index (χ3n) is 4.09. The van der Waals surface area contributed by atoms with Gasteiger partial charge in [0, 0.05) is 11.4 Å². The predicted molar refractivity (Wildman–Crippen MR) is 92.5 cm³/mol. The van der Waals surface area contributed by atoms with E-state index < -0.39 is 6.04 Å². The van der Waals surface area contributed by atoms with Gasteiger partial charge in [-0.2, -0.15) is 0 Å². The first-order valence-corrected chi connectivity index (χ1v) is 8.75. The zero-order chi connectivity index (χ0) is 16.9. The summed E-state index contributed by atoms with van der Waals surface area (Å²) >= 11 is 1.62. The van der Waals surface area contributed by atoms with E-state index in [0.717, 1.165) is 16.0 Å². The molecule has 0 bridgehead atoms. The lowest BCUT2D eigenvalue weighted by Crippen LogP contribution is -2.55. The minimum Gasteiger partial charge on any atom is -0.369 e. The van der Waals surface area contributed by atoms with Crippen molar-refractivity contribution in [3.8, 4) is 0 Å². The Bertz CT molecular complexity index is 714. The summed E-state index contributed by atoms with van der Waals surface area (Å²) in [5.41, 5.74) is 2.16. The molecule has 5 nitrogen and oxygen atoms in total. The highest BCUT2D eigenvalue weighted by Crippen LogP contribution is 2.17. The summed E-state index contributed by atoms with van der Waals surface area (Å²) in [7, 11) is 0. The molecule has 1 fully saturated rings. The first-order chi connectivity index (χ1) is 11.6. The molecule has 2 aromatic rings. The molecule has 2 amide bonds. The zero-order valence-corrected chi connectivity index (χ0v) is 14.3. The Hall–Kier alpha value is -2.18. The molecule has 1 saturated heterocycles. The summed E-state index contributed by atoms with van der Waals surface area (Å²) in [5, 5.41) is 4.94. The second-order valence-electron chi connectivity index (χ2n) is 5.78. The number of aryl methyl sites for hydroxylation is 1. The van der Waals surface area contributed by atoms with E-state index in [4.69, 9.17) is 4.74 Å². The Morgan fingerprint density at radius 2 is 2.12 bits per heavy atom. The van der Waals surface area contributed by atoms with Gasteiger partial charge in [-0.05, 0) is 29.5 Å². The molecular formula is C18H20N2O3S. The molecule has 0 saturated carbocycles. The van der Waals surface area contributed by atoms with Crippen LogP contribution in [0, 0.1) is 6.92 Å². The lowest BCUT2D eigenvalue weighted by atomic mass is 10.1. The summed E-state index contributed by atoms with van der Waals surface area (Å²) in [4.78, 5) is 27.5. The van der Waals surface area contributed by atoms with Crippen molar-refractivity contribution in [1.82, 2.24) is 10.2 Å². The highest BCUT2D eigenvalue weighted by atomic mass is 32.1. The summed E-state index contributed by atoms with van der Waals surface area (Å²) < 4.78 is 5.29. The topological polar surface area (TPSA) is 58.6 Å². The maximum Gasteiger partial charge on any atom is 0.249 e. The number of rotatable bonds is 5. The van der Waals surface area contributed by atoms with Gasteiger partial charge < -0.3 is 15.0 Å². The largest absolute Gasteiger partial charge is 0.369 e. The molecule has 0 radical (unpaired) electrons. The lowest BCUT2D eigenvalue weighted by Gasteiger charge is -2.34. The lowest BCUT2D eigenvalue weighted by molar-refractivity contribution is -0.155. The number of nitrogens with one attached hydrogen (secondary N) is 1. The van der Waals surface area contributed by atoms with Crippen LogP contribution < -0.4 is 5.32 Å². The van der Waals surface area contributed by atoms with E-state index >= 15 is 0 Å². The summed E-state index contributed by atoms with van der Waals surface area (Å²) in [5.74, 6) is -0.329. The smallest absolute Gasteiger partial charge is 0.249 e. The van der Waals surface area contributed by atoms with Crippen LogP contribution in [0.2, 0.25) is 0 Å². The van der Waals surface area contributed by atoms with Crippen molar-refractivity contribution in [3.63, 3.8) is 0 Å². The van der Waals surface area contributed by atoms with E-state index in [2.05, 4.69) is 5.32 Å². The Balaban J connectivity index is 1.67. The van der Waals surface area contributed by atoms with Gasteiger partial charge in [0.1, 0.15) is 12.6 Å². The van der Waals surface area contributed by atoms with Gasteiger partial charge >= 0.3 is 0 Å². The number of morpholine rings is 1. The SMILES string of the molecule is Cc1ccsc1CNC(=O)C1COCC(=O)N1Cc1ccccc1. The van der Waals surface area contributed by atoms with Crippen LogP contribution in [0.3, 0.4) is 0 Å². The number of carbonyl (C=O) groups is 2. The molecule has 1 unspecified atom stereocenters. The number of ether oxygens (including phenoxy) is 1. The Labute approximate surface area is 145 Å². The first kappa shape index (κ1) is 16.7. The molecule has 126 valence electrons. The van der Waals surface area contributed by atoms with Crippen LogP contribution in [-0.2, 0) is 27.4 Å². The average Bonchev–Trinajstić information content (AvgIpc) is 3.00. The van der Waals surface area contributed by atoms with Crippen molar-refractivity contribution in [3.05, 3.63) is 57.8 Å². The van der Waals surface area contributed by atoms with Crippen molar-refractivity contribution in [2.24, 2.45) is 0 Å². The normalized spacial score (nSPS) is 17.8. The molecule has 24 heavy (non-hydrogen) atoms. The monoisotopic (exact) mass is 344 g/mol. The number of nitrogens with zero attached hydrogens (tertiary/aromatic N) is 1. The van der Waals surface area contributed by atoms with Crippen LogP contribution >= 0.6 is 11.3 Å². The molecule has 1 aromatic heterocycles.